The first-order valence-corrected chi connectivity index (χ1v) is 11.9. The van der Waals surface area contributed by atoms with Crippen LogP contribution in [0, 0.1) is 26.6 Å². The lowest BCUT2D eigenvalue weighted by atomic mass is 10.2. The van der Waals surface area contributed by atoms with Crippen molar-refractivity contribution in [1.82, 2.24) is 14.6 Å². The van der Waals surface area contributed by atoms with Crippen LogP contribution in [-0.2, 0) is 10.0 Å². The van der Waals surface area contributed by atoms with Crippen LogP contribution in [0.3, 0.4) is 0 Å². The quantitative estimate of drug-likeness (QED) is 0.298. The van der Waals surface area contributed by atoms with Crippen molar-refractivity contribution in [2.75, 3.05) is 0 Å². The third-order valence-electron chi connectivity index (χ3n) is 5.09. The Hall–Kier alpha value is -3.98. The molecule has 1 N–H and O–H groups in total. The topological polar surface area (TPSA) is 85.6 Å². The summed E-state index contributed by atoms with van der Waals surface area (Å²) in [5.74, 6) is 0.317. The first-order chi connectivity index (χ1) is 16.2. The van der Waals surface area contributed by atoms with Crippen LogP contribution < -0.4 is 9.57 Å². The normalized spacial score (nSPS) is 11.6. The van der Waals surface area contributed by atoms with Crippen LogP contribution in [0.25, 0.3) is 5.69 Å². The molecule has 0 unspecified atom stereocenters. The predicted octanol–water partition coefficient (Wildman–Crippen LogP) is 5.04. The number of halogens is 1. The highest BCUT2D eigenvalue weighted by molar-refractivity contribution is 7.89. The number of aromatic nitrogens is 2. The average molecular weight is 479 g/mol. The van der Waals surface area contributed by atoms with E-state index >= 15 is 0 Å². The molecule has 7 nitrogen and oxygen atoms in total. The van der Waals surface area contributed by atoms with Gasteiger partial charge in [-0.15, -0.1) is 0 Å². The highest BCUT2D eigenvalue weighted by Crippen LogP contribution is 2.29. The lowest BCUT2D eigenvalue weighted by Gasteiger charge is -2.10. The molecule has 0 aliphatic heterocycles. The number of nitrogens with zero attached hydrogens (tertiary/aromatic N) is 3. The van der Waals surface area contributed by atoms with E-state index in [0.717, 1.165) is 11.3 Å². The van der Waals surface area contributed by atoms with Crippen LogP contribution in [0.1, 0.15) is 22.4 Å². The summed E-state index contributed by atoms with van der Waals surface area (Å²) in [6.07, 6.45) is 1.35. The van der Waals surface area contributed by atoms with E-state index < -0.39 is 10.0 Å². The fourth-order valence-electron chi connectivity index (χ4n) is 3.33. The highest BCUT2D eigenvalue weighted by Gasteiger charge is 2.19. The second kappa shape index (κ2) is 9.48. The van der Waals surface area contributed by atoms with E-state index in [1.807, 2.05) is 43.3 Å². The van der Waals surface area contributed by atoms with Crippen LogP contribution in [0.4, 0.5) is 4.39 Å². The minimum Gasteiger partial charge on any atom is -0.438 e. The predicted molar refractivity (Wildman–Crippen MR) is 129 cm³/mol. The van der Waals surface area contributed by atoms with Crippen molar-refractivity contribution < 1.29 is 17.5 Å². The molecule has 34 heavy (non-hydrogen) atoms. The molecule has 0 saturated carbocycles. The zero-order valence-electron chi connectivity index (χ0n) is 18.9. The maximum atomic E-state index is 13.4. The SMILES string of the molecule is Cc1ccc(C)c(S(=O)(=O)NN=Cc2c(C)nn(-c3ccccc3)c2Oc2ccc(F)cc2)c1. The van der Waals surface area contributed by atoms with Crippen molar-refractivity contribution in [2.24, 2.45) is 5.10 Å². The first kappa shape index (κ1) is 23.2. The number of benzene rings is 3. The molecule has 0 aliphatic rings. The molecule has 1 aromatic heterocycles. The summed E-state index contributed by atoms with van der Waals surface area (Å²) in [5, 5.41) is 8.53. The van der Waals surface area contributed by atoms with Gasteiger partial charge in [0.25, 0.3) is 10.0 Å². The Morgan fingerprint density at radius 1 is 1.00 bits per heavy atom. The molecule has 0 bridgehead atoms. The monoisotopic (exact) mass is 478 g/mol. The molecule has 9 heteroatoms. The summed E-state index contributed by atoms with van der Waals surface area (Å²) in [6.45, 7) is 5.31. The fraction of sp³-hybridized carbons (Fsp3) is 0.120. The molecular formula is C25H23FN4O3S. The molecule has 0 radical (unpaired) electrons. The minimum absolute atomic E-state index is 0.157. The lowest BCUT2D eigenvalue weighted by molar-refractivity contribution is 0.442. The van der Waals surface area contributed by atoms with E-state index in [2.05, 4.69) is 15.0 Å². The molecule has 3 aromatic carbocycles. The van der Waals surface area contributed by atoms with Crippen LogP contribution in [0.15, 0.2) is 82.8 Å². The molecule has 0 spiro atoms. The maximum Gasteiger partial charge on any atom is 0.276 e. The van der Waals surface area contributed by atoms with Crippen molar-refractivity contribution in [3.63, 3.8) is 0 Å². The van der Waals surface area contributed by atoms with Gasteiger partial charge < -0.3 is 4.74 Å². The smallest absolute Gasteiger partial charge is 0.276 e. The van der Waals surface area contributed by atoms with Gasteiger partial charge in [0.05, 0.1) is 28.1 Å². The van der Waals surface area contributed by atoms with E-state index in [1.165, 1.54) is 30.5 Å². The van der Waals surface area contributed by atoms with E-state index in [-0.39, 0.29) is 10.7 Å². The Morgan fingerprint density at radius 2 is 1.71 bits per heavy atom. The van der Waals surface area contributed by atoms with Gasteiger partial charge in [-0.05, 0) is 74.4 Å². The van der Waals surface area contributed by atoms with Crippen molar-refractivity contribution in [3.05, 3.63) is 101 Å². The molecule has 0 atom stereocenters. The molecular weight excluding hydrogens is 455 g/mol. The summed E-state index contributed by atoms with van der Waals surface area (Å²) >= 11 is 0. The minimum atomic E-state index is -3.88. The van der Waals surface area contributed by atoms with Crippen molar-refractivity contribution in [2.45, 2.75) is 25.7 Å². The third kappa shape index (κ3) is 4.99. The number of aryl methyl sites for hydroxylation is 3. The van der Waals surface area contributed by atoms with Crippen LogP contribution in [-0.4, -0.2) is 24.4 Å². The van der Waals surface area contributed by atoms with Gasteiger partial charge in [-0.2, -0.15) is 23.3 Å². The molecule has 174 valence electrons. The zero-order chi connectivity index (χ0) is 24.3. The van der Waals surface area contributed by atoms with Crippen LogP contribution in [0.2, 0.25) is 0 Å². The number of hydrogen-bond donors (Lipinski definition) is 1. The number of nitrogens with one attached hydrogen (secondary N) is 1. The van der Waals surface area contributed by atoms with Crippen LogP contribution in [0.5, 0.6) is 11.6 Å². The molecule has 0 amide bonds. The van der Waals surface area contributed by atoms with Crippen LogP contribution >= 0.6 is 0 Å². The van der Waals surface area contributed by atoms with Crippen molar-refractivity contribution in [3.8, 4) is 17.3 Å². The average Bonchev–Trinajstić information content (AvgIpc) is 3.12. The Labute approximate surface area is 197 Å². The van der Waals surface area contributed by atoms with E-state index in [1.54, 1.807) is 30.7 Å². The van der Waals surface area contributed by atoms with Gasteiger partial charge in [-0.25, -0.2) is 9.22 Å². The van der Waals surface area contributed by atoms with Gasteiger partial charge in [0, 0.05) is 0 Å². The van der Waals surface area contributed by atoms with Gasteiger partial charge >= 0.3 is 0 Å². The number of rotatable bonds is 7. The van der Waals surface area contributed by atoms with E-state index in [0.29, 0.717) is 28.5 Å². The summed E-state index contributed by atoms with van der Waals surface area (Å²) in [7, 11) is -3.88. The Balaban J connectivity index is 1.71. The zero-order valence-corrected chi connectivity index (χ0v) is 19.7. The second-order valence-corrected chi connectivity index (χ2v) is 9.36. The maximum absolute atomic E-state index is 13.4. The standard InChI is InChI=1S/C25H23FN4O3S/c1-17-9-10-18(2)24(15-17)34(31,32)29-27-16-23-19(3)28-30(21-7-5-4-6-8-21)25(23)33-22-13-11-20(26)12-14-22/h4-16,29H,1-3H3. The molecule has 0 saturated heterocycles. The van der Waals surface area contributed by atoms with Gasteiger partial charge in [-0.3, -0.25) is 0 Å². The van der Waals surface area contributed by atoms with Gasteiger partial charge in [0.15, 0.2) is 0 Å². The third-order valence-corrected chi connectivity index (χ3v) is 6.46. The Morgan fingerprint density at radius 3 is 2.41 bits per heavy atom. The summed E-state index contributed by atoms with van der Waals surface area (Å²) in [4.78, 5) is 2.42. The Bertz CT molecular complexity index is 1450. The Kier molecular flexibility index (Phi) is 6.47. The molecule has 4 rings (SSSR count). The highest BCUT2D eigenvalue weighted by atomic mass is 32.2. The fourth-order valence-corrected chi connectivity index (χ4v) is 4.45. The molecule has 0 fully saturated rings. The van der Waals surface area contributed by atoms with Gasteiger partial charge in [-0.1, -0.05) is 30.3 Å². The number of ether oxygens (including phenoxy) is 1. The number of para-hydroxylation sites is 1. The summed E-state index contributed by atoms with van der Waals surface area (Å²) < 4.78 is 46.6. The van der Waals surface area contributed by atoms with Gasteiger partial charge in [0.2, 0.25) is 5.88 Å². The summed E-state index contributed by atoms with van der Waals surface area (Å²) in [5.41, 5.74) is 3.21. The second-order valence-electron chi connectivity index (χ2n) is 7.73. The molecule has 1 heterocycles. The van der Waals surface area contributed by atoms with Gasteiger partial charge in [0.1, 0.15) is 11.6 Å². The largest absolute Gasteiger partial charge is 0.438 e. The first-order valence-electron chi connectivity index (χ1n) is 10.5. The number of sulfonamides is 1. The molecule has 4 aromatic rings. The molecule has 0 aliphatic carbocycles. The van der Waals surface area contributed by atoms with E-state index in [9.17, 15) is 12.8 Å². The number of hydrazone groups is 1. The van der Waals surface area contributed by atoms with Crippen molar-refractivity contribution in [1.29, 1.82) is 0 Å². The number of hydrogen-bond acceptors (Lipinski definition) is 5. The van der Waals surface area contributed by atoms with Crippen molar-refractivity contribution >= 4 is 16.2 Å². The van der Waals surface area contributed by atoms with E-state index in [4.69, 9.17) is 4.74 Å². The lowest BCUT2D eigenvalue weighted by Crippen LogP contribution is -2.19. The summed E-state index contributed by atoms with van der Waals surface area (Å²) in [6, 6.07) is 20.1.